The van der Waals surface area contributed by atoms with Crippen molar-refractivity contribution in [3.05, 3.63) is 18.4 Å². The zero-order valence-corrected chi connectivity index (χ0v) is 10.1. The summed E-state index contributed by atoms with van der Waals surface area (Å²) in [5, 5.41) is 0. The van der Waals surface area contributed by atoms with E-state index < -0.39 is 0 Å². The van der Waals surface area contributed by atoms with Crippen LogP contribution in [0.2, 0.25) is 0 Å². The summed E-state index contributed by atoms with van der Waals surface area (Å²) >= 11 is 0. The van der Waals surface area contributed by atoms with Crippen LogP contribution in [-0.2, 0) is 0 Å². The smallest absolute Gasteiger partial charge is 0.211 e. The third-order valence-electron chi connectivity index (χ3n) is 5.46. The first-order valence-electron chi connectivity index (χ1n) is 6.90. The first kappa shape index (κ1) is 10.1. The molecule has 17 heavy (non-hydrogen) atoms. The average molecular weight is 232 g/mol. The number of oxazole rings is 1. The van der Waals surface area contributed by atoms with Gasteiger partial charge >= 0.3 is 0 Å². The second-order valence-corrected chi connectivity index (χ2v) is 6.63. The van der Waals surface area contributed by atoms with E-state index in [9.17, 15) is 0 Å². The number of hydrogen-bond donors (Lipinski definition) is 1. The Bertz CT molecular complexity index is 377. The first-order chi connectivity index (χ1) is 8.25. The molecule has 4 aliphatic rings. The van der Waals surface area contributed by atoms with Gasteiger partial charge in [-0.25, -0.2) is 4.98 Å². The van der Waals surface area contributed by atoms with Gasteiger partial charge in [0.15, 0.2) is 0 Å². The van der Waals surface area contributed by atoms with Crippen LogP contribution in [0.25, 0.3) is 0 Å². The van der Waals surface area contributed by atoms with E-state index in [4.69, 9.17) is 10.2 Å². The van der Waals surface area contributed by atoms with Crippen LogP contribution in [0.3, 0.4) is 0 Å². The summed E-state index contributed by atoms with van der Waals surface area (Å²) in [6, 6.07) is 0.0194. The summed E-state index contributed by atoms with van der Waals surface area (Å²) in [4.78, 5) is 4.28. The molecule has 0 aliphatic heterocycles. The van der Waals surface area contributed by atoms with Gasteiger partial charge in [-0.3, -0.25) is 0 Å². The van der Waals surface area contributed by atoms with E-state index in [1.54, 1.807) is 12.5 Å². The molecular weight excluding hydrogens is 212 g/mol. The number of hydrogen-bond acceptors (Lipinski definition) is 3. The zero-order chi connectivity index (χ0) is 11.5. The van der Waals surface area contributed by atoms with E-state index in [1.807, 2.05) is 0 Å². The van der Waals surface area contributed by atoms with Crippen LogP contribution in [0.1, 0.15) is 50.5 Å². The summed E-state index contributed by atoms with van der Waals surface area (Å²) in [6.07, 6.45) is 11.7. The standard InChI is InChI=1S/C14H20N2O/c15-12(13-16-1-2-17-13)14-6-9-3-10(7-14)5-11(4-9)8-14/h1-2,9-12H,3-8,15H2. The molecular formula is C14H20N2O. The maximum atomic E-state index is 6.48. The normalized spacial score (nSPS) is 45.1. The molecule has 1 unspecified atom stereocenters. The maximum absolute atomic E-state index is 6.48. The largest absolute Gasteiger partial charge is 0.447 e. The summed E-state index contributed by atoms with van der Waals surface area (Å²) in [5.74, 6) is 3.55. The summed E-state index contributed by atoms with van der Waals surface area (Å²) in [6.45, 7) is 0. The second-order valence-electron chi connectivity index (χ2n) is 6.63. The van der Waals surface area contributed by atoms with Gasteiger partial charge in [-0.1, -0.05) is 0 Å². The van der Waals surface area contributed by atoms with Gasteiger partial charge < -0.3 is 10.2 Å². The molecule has 5 rings (SSSR count). The molecule has 4 fully saturated rings. The zero-order valence-electron chi connectivity index (χ0n) is 10.1. The van der Waals surface area contributed by atoms with Crippen molar-refractivity contribution in [1.29, 1.82) is 0 Å². The molecule has 4 aliphatic carbocycles. The molecule has 3 heteroatoms. The minimum atomic E-state index is 0.0194. The predicted molar refractivity (Wildman–Crippen MR) is 64.0 cm³/mol. The number of nitrogens with two attached hydrogens (primary N) is 1. The first-order valence-corrected chi connectivity index (χ1v) is 6.90. The number of rotatable bonds is 2. The SMILES string of the molecule is NC(c1ncco1)C12CC3CC(CC(C3)C1)C2. The van der Waals surface area contributed by atoms with Gasteiger partial charge in [0, 0.05) is 0 Å². The molecule has 4 saturated carbocycles. The molecule has 1 heterocycles. The third-order valence-corrected chi connectivity index (χ3v) is 5.46. The lowest BCUT2D eigenvalue weighted by Crippen LogP contribution is -2.50. The molecule has 1 atom stereocenters. The van der Waals surface area contributed by atoms with Gasteiger partial charge in [-0.15, -0.1) is 0 Å². The Kier molecular flexibility index (Phi) is 1.99. The van der Waals surface area contributed by atoms with Gasteiger partial charge in [-0.2, -0.15) is 0 Å². The van der Waals surface area contributed by atoms with Crippen LogP contribution in [0.4, 0.5) is 0 Å². The highest BCUT2D eigenvalue weighted by Crippen LogP contribution is 2.63. The Labute approximate surface area is 102 Å². The fourth-order valence-corrected chi connectivity index (χ4v) is 5.21. The molecule has 1 aromatic rings. The summed E-state index contributed by atoms with van der Waals surface area (Å²) < 4.78 is 5.45. The Morgan fingerprint density at radius 3 is 2.24 bits per heavy atom. The lowest BCUT2D eigenvalue weighted by molar-refractivity contribution is -0.0718. The van der Waals surface area contributed by atoms with E-state index >= 15 is 0 Å². The summed E-state index contributed by atoms with van der Waals surface area (Å²) in [5.41, 5.74) is 6.79. The molecule has 0 saturated heterocycles. The highest BCUT2D eigenvalue weighted by atomic mass is 16.3. The van der Waals surface area contributed by atoms with E-state index in [2.05, 4.69) is 4.98 Å². The van der Waals surface area contributed by atoms with Gasteiger partial charge in [0.05, 0.1) is 12.2 Å². The van der Waals surface area contributed by atoms with Crippen LogP contribution in [0.15, 0.2) is 16.9 Å². The molecule has 0 spiro atoms. The molecule has 4 bridgehead atoms. The van der Waals surface area contributed by atoms with Crippen LogP contribution in [0.5, 0.6) is 0 Å². The van der Waals surface area contributed by atoms with E-state index in [0.29, 0.717) is 5.41 Å². The minimum absolute atomic E-state index is 0.0194. The van der Waals surface area contributed by atoms with E-state index in [0.717, 1.165) is 23.6 Å². The van der Waals surface area contributed by atoms with Crippen molar-refractivity contribution in [3.63, 3.8) is 0 Å². The molecule has 92 valence electrons. The predicted octanol–water partition coefficient (Wildman–Crippen LogP) is 2.89. The fourth-order valence-electron chi connectivity index (χ4n) is 5.21. The van der Waals surface area contributed by atoms with Crippen LogP contribution in [0, 0.1) is 23.2 Å². The Morgan fingerprint density at radius 2 is 1.76 bits per heavy atom. The molecule has 0 amide bonds. The maximum Gasteiger partial charge on any atom is 0.211 e. The quantitative estimate of drug-likeness (QED) is 0.853. The summed E-state index contributed by atoms with van der Waals surface area (Å²) in [7, 11) is 0. The Hall–Kier alpha value is -0.830. The van der Waals surface area contributed by atoms with Crippen molar-refractivity contribution in [2.75, 3.05) is 0 Å². The second kappa shape index (κ2) is 3.35. The van der Waals surface area contributed by atoms with Crippen molar-refractivity contribution in [3.8, 4) is 0 Å². The Balaban J connectivity index is 1.68. The molecule has 0 aromatic carbocycles. The highest BCUT2D eigenvalue weighted by Gasteiger charge is 2.54. The number of nitrogens with zero attached hydrogens (tertiary/aromatic N) is 1. The molecule has 3 nitrogen and oxygen atoms in total. The van der Waals surface area contributed by atoms with Crippen molar-refractivity contribution in [2.24, 2.45) is 28.9 Å². The molecule has 0 radical (unpaired) electrons. The van der Waals surface area contributed by atoms with Gasteiger partial charge in [-0.05, 0) is 61.7 Å². The number of aromatic nitrogens is 1. The highest BCUT2D eigenvalue weighted by molar-refractivity contribution is 5.09. The van der Waals surface area contributed by atoms with E-state index in [-0.39, 0.29) is 6.04 Å². The van der Waals surface area contributed by atoms with Crippen LogP contribution < -0.4 is 5.73 Å². The average Bonchev–Trinajstić information content (AvgIpc) is 2.79. The third kappa shape index (κ3) is 1.41. The lowest BCUT2D eigenvalue weighted by atomic mass is 9.48. The molecule has 2 N–H and O–H groups in total. The van der Waals surface area contributed by atoms with Crippen molar-refractivity contribution in [1.82, 2.24) is 4.98 Å². The van der Waals surface area contributed by atoms with Gasteiger partial charge in [0.25, 0.3) is 0 Å². The minimum Gasteiger partial charge on any atom is -0.447 e. The topological polar surface area (TPSA) is 52.0 Å². The van der Waals surface area contributed by atoms with Crippen LogP contribution in [-0.4, -0.2) is 4.98 Å². The lowest BCUT2D eigenvalue weighted by Gasteiger charge is -2.58. The monoisotopic (exact) mass is 232 g/mol. The van der Waals surface area contributed by atoms with Gasteiger partial charge in [0.1, 0.15) is 6.26 Å². The van der Waals surface area contributed by atoms with Gasteiger partial charge in [0.2, 0.25) is 5.89 Å². The van der Waals surface area contributed by atoms with Crippen molar-refractivity contribution in [2.45, 2.75) is 44.6 Å². The molecule has 1 aromatic heterocycles. The van der Waals surface area contributed by atoms with Crippen LogP contribution >= 0.6 is 0 Å². The van der Waals surface area contributed by atoms with Crippen molar-refractivity contribution >= 4 is 0 Å². The fraction of sp³-hybridized carbons (Fsp3) is 0.786. The van der Waals surface area contributed by atoms with E-state index in [1.165, 1.54) is 38.5 Å². The Morgan fingerprint density at radius 1 is 1.18 bits per heavy atom. The van der Waals surface area contributed by atoms with Crippen molar-refractivity contribution < 1.29 is 4.42 Å².